The van der Waals surface area contributed by atoms with Crippen molar-refractivity contribution in [3.05, 3.63) is 89.5 Å². The summed E-state index contributed by atoms with van der Waals surface area (Å²) < 4.78 is 0. The van der Waals surface area contributed by atoms with Gasteiger partial charge in [-0.1, -0.05) is 36.4 Å². The maximum atomic E-state index is 11.3. The predicted molar refractivity (Wildman–Crippen MR) is 111 cm³/mol. The molecule has 0 saturated carbocycles. The molecule has 3 rings (SSSR count). The number of rotatable bonds is 7. The van der Waals surface area contributed by atoms with Gasteiger partial charge in [0.05, 0.1) is 11.3 Å². The normalized spacial score (nSPS) is 10.3. The highest BCUT2D eigenvalue weighted by Crippen LogP contribution is 2.22. The van der Waals surface area contributed by atoms with Crippen molar-refractivity contribution in [3.63, 3.8) is 0 Å². The maximum Gasteiger partial charge on any atom is 0.337 e. The molecule has 0 heterocycles. The minimum absolute atomic E-state index is 0.0765. The van der Waals surface area contributed by atoms with Crippen LogP contribution in [0.3, 0.4) is 0 Å². The number of anilines is 3. The van der Waals surface area contributed by atoms with Crippen LogP contribution >= 0.6 is 0 Å². The number of carbonyl (C=O) groups excluding carboxylic acids is 1. The van der Waals surface area contributed by atoms with Gasteiger partial charge < -0.3 is 15.7 Å². The summed E-state index contributed by atoms with van der Waals surface area (Å²) in [6.45, 7) is 1.49. The zero-order valence-corrected chi connectivity index (χ0v) is 15.6. The number of hydrogen-bond donors (Lipinski definition) is 3. The standard InChI is InChI=1S/C23H22N2O3/c1-16(26)24-19-12-8-17(9-13-19)6-7-18-10-14-20(15-11-18)25-22-5-3-2-4-21(22)23(27)28/h2-5,8-15,25H,6-7H2,1H3,(H,24,26)(H,27,28). The number of nitrogens with one attached hydrogen (secondary N) is 2. The van der Waals surface area contributed by atoms with E-state index in [9.17, 15) is 14.7 Å². The number of carboxylic acid groups (broad SMARTS) is 1. The van der Waals surface area contributed by atoms with Gasteiger partial charge in [-0.15, -0.1) is 0 Å². The summed E-state index contributed by atoms with van der Waals surface area (Å²) in [5.74, 6) is -1.03. The minimum atomic E-state index is -0.954. The minimum Gasteiger partial charge on any atom is -0.478 e. The quantitative estimate of drug-likeness (QED) is 0.551. The first-order valence-electron chi connectivity index (χ1n) is 9.06. The second kappa shape index (κ2) is 8.86. The lowest BCUT2D eigenvalue weighted by atomic mass is 10.0. The number of carbonyl (C=O) groups is 2. The summed E-state index contributed by atoms with van der Waals surface area (Å²) in [5.41, 5.74) is 4.86. The van der Waals surface area contributed by atoms with Crippen LogP contribution in [0.5, 0.6) is 0 Å². The van der Waals surface area contributed by atoms with Crippen LogP contribution in [-0.2, 0) is 17.6 Å². The number of aryl methyl sites for hydroxylation is 2. The Hall–Kier alpha value is -3.60. The molecule has 0 fully saturated rings. The molecule has 1 amide bonds. The number of benzene rings is 3. The second-order valence-corrected chi connectivity index (χ2v) is 6.55. The van der Waals surface area contributed by atoms with Crippen LogP contribution in [0, 0.1) is 0 Å². The molecule has 0 bridgehead atoms. The van der Waals surface area contributed by atoms with Gasteiger partial charge in [0.1, 0.15) is 0 Å². The molecule has 142 valence electrons. The molecule has 0 aromatic heterocycles. The van der Waals surface area contributed by atoms with Crippen LogP contribution in [0.2, 0.25) is 0 Å². The van der Waals surface area contributed by atoms with E-state index in [1.807, 2.05) is 48.5 Å². The molecule has 3 N–H and O–H groups in total. The third kappa shape index (κ3) is 5.20. The molecule has 3 aromatic rings. The van der Waals surface area contributed by atoms with Crippen LogP contribution in [0.15, 0.2) is 72.8 Å². The van der Waals surface area contributed by atoms with Crippen molar-refractivity contribution in [1.82, 2.24) is 0 Å². The molecule has 3 aromatic carbocycles. The summed E-state index contributed by atoms with van der Waals surface area (Å²) in [5, 5.41) is 15.2. The van der Waals surface area contributed by atoms with Crippen molar-refractivity contribution in [2.24, 2.45) is 0 Å². The maximum absolute atomic E-state index is 11.3. The fourth-order valence-corrected chi connectivity index (χ4v) is 2.94. The Balaban J connectivity index is 1.59. The fourth-order valence-electron chi connectivity index (χ4n) is 2.94. The summed E-state index contributed by atoms with van der Waals surface area (Å²) in [6, 6.07) is 22.7. The Kier molecular flexibility index (Phi) is 6.07. The Morgan fingerprint density at radius 2 is 1.32 bits per heavy atom. The smallest absolute Gasteiger partial charge is 0.337 e. The first-order chi connectivity index (χ1) is 13.5. The van der Waals surface area contributed by atoms with E-state index in [1.165, 1.54) is 18.1 Å². The highest BCUT2D eigenvalue weighted by Gasteiger charge is 2.08. The Morgan fingerprint density at radius 1 is 0.786 bits per heavy atom. The first-order valence-corrected chi connectivity index (χ1v) is 9.06. The van der Waals surface area contributed by atoms with Gasteiger partial charge in [0, 0.05) is 18.3 Å². The monoisotopic (exact) mass is 374 g/mol. The lowest BCUT2D eigenvalue weighted by Gasteiger charge is -2.10. The van der Waals surface area contributed by atoms with E-state index in [0.29, 0.717) is 5.69 Å². The number of para-hydroxylation sites is 1. The molecule has 0 spiro atoms. The van der Waals surface area contributed by atoms with Crippen molar-refractivity contribution >= 4 is 28.9 Å². The average Bonchev–Trinajstić information content (AvgIpc) is 2.68. The van der Waals surface area contributed by atoms with E-state index < -0.39 is 5.97 Å². The zero-order valence-electron chi connectivity index (χ0n) is 15.6. The lowest BCUT2D eigenvalue weighted by molar-refractivity contribution is -0.114. The van der Waals surface area contributed by atoms with Crippen molar-refractivity contribution < 1.29 is 14.7 Å². The van der Waals surface area contributed by atoms with Crippen LogP contribution in [0.25, 0.3) is 0 Å². The van der Waals surface area contributed by atoms with Gasteiger partial charge >= 0.3 is 5.97 Å². The van der Waals surface area contributed by atoms with Gasteiger partial charge in [-0.25, -0.2) is 4.79 Å². The van der Waals surface area contributed by atoms with E-state index in [4.69, 9.17) is 0 Å². The fraction of sp³-hybridized carbons (Fsp3) is 0.130. The van der Waals surface area contributed by atoms with E-state index in [0.717, 1.165) is 24.2 Å². The summed E-state index contributed by atoms with van der Waals surface area (Å²) >= 11 is 0. The molecular weight excluding hydrogens is 352 g/mol. The number of amides is 1. The van der Waals surface area contributed by atoms with E-state index in [2.05, 4.69) is 10.6 Å². The highest BCUT2D eigenvalue weighted by molar-refractivity contribution is 5.95. The predicted octanol–water partition coefficient (Wildman–Crippen LogP) is 4.87. The summed E-state index contributed by atoms with van der Waals surface area (Å²) in [6.07, 6.45) is 1.79. The van der Waals surface area contributed by atoms with Gasteiger partial charge in [-0.2, -0.15) is 0 Å². The largest absolute Gasteiger partial charge is 0.478 e. The molecular formula is C23H22N2O3. The van der Waals surface area contributed by atoms with E-state index in [-0.39, 0.29) is 11.5 Å². The SMILES string of the molecule is CC(=O)Nc1ccc(CCc2ccc(Nc3ccccc3C(=O)O)cc2)cc1. The van der Waals surface area contributed by atoms with Crippen molar-refractivity contribution in [2.75, 3.05) is 10.6 Å². The van der Waals surface area contributed by atoms with E-state index >= 15 is 0 Å². The number of aromatic carboxylic acids is 1. The van der Waals surface area contributed by atoms with Crippen LogP contribution in [0.1, 0.15) is 28.4 Å². The number of carboxylic acids is 1. The third-order valence-electron chi connectivity index (χ3n) is 4.37. The molecule has 28 heavy (non-hydrogen) atoms. The van der Waals surface area contributed by atoms with Gasteiger partial charge in [-0.3, -0.25) is 4.79 Å². The molecule has 0 aliphatic heterocycles. The average molecular weight is 374 g/mol. The Bertz CT molecular complexity index is 964. The van der Waals surface area contributed by atoms with Gasteiger partial charge in [0.2, 0.25) is 5.91 Å². The Labute approximate surface area is 164 Å². The molecule has 0 aliphatic rings. The van der Waals surface area contributed by atoms with Crippen molar-refractivity contribution in [2.45, 2.75) is 19.8 Å². The van der Waals surface area contributed by atoms with E-state index in [1.54, 1.807) is 24.3 Å². The third-order valence-corrected chi connectivity index (χ3v) is 4.37. The molecule has 5 nitrogen and oxygen atoms in total. The van der Waals surface area contributed by atoms with Crippen LogP contribution in [0.4, 0.5) is 17.1 Å². The molecule has 0 atom stereocenters. The molecule has 0 saturated heterocycles. The lowest BCUT2D eigenvalue weighted by Crippen LogP contribution is -2.05. The van der Waals surface area contributed by atoms with Gasteiger partial charge in [0.25, 0.3) is 0 Å². The van der Waals surface area contributed by atoms with Crippen LogP contribution < -0.4 is 10.6 Å². The molecule has 5 heteroatoms. The van der Waals surface area contributed by atoms with Gasteiger partial charge in [-0.05, 0) is 60.4 Å². The molecule has 0 radical (unpaired) electrons. The summed E-state index contributed by atoms with van der Waals surface area (Å²) in [7, 11) is 0. The molecule has 0 unspecified atom stereocenters. The molecule has 0 aliphatic carbocycles. The second-order valence-electron chi connectivity index (χ2n) is 6.55. The first kappa shape index (κ1) is 19.2. The van der Waals surface area contributed by atoms with Crippen molar-refractivity contribution in [3.8, 4) is 0 Å². The highest BCUT2D eigenvalue weighted by atomic mass is 16.4. The van der Waals surface area contributed by atoms with Crippen LogP contribution in [-0.4, -0.2) is 17.0 Å². The Morgan fingerprint density at radius 3 is 1.86 bits per heavy atom. The summed E-state index contributed by atoms with van der Waals surface area (Å²) in [4.78, 5) is 22.4. The topological polar surface area (TPSA) is 78.4 Å². The number of hydrogen-bond acceptors (Lipinski definition) is 3. The van der Waals surface area contributed by atoms with Crippen molar-refractivity contribution in [1.29, 1.82) is 0 Å². The van der Waals surface area contributed by atoms with Gasteiger partial charge in [0.15, 0.2) is 0 Å². The zero-order chi connectivity index (χ0) is 19.9.